The molecule has 6 rings (SSSR count). The Balaban J connectivity index is 1.16. The van der Waals surface area contributed by atoms with Crippen LogP contribution in [0.25, 0.3) is 27.9 Å². The van der Waals surface area contributed by atoms with Crippen molar-refractivity contribution in [1.29, 1.82) is 0 Å². The Morgan fingerprint density at radius 2 is 1.89 bits per heavy atom. The topological polar surface area (TPSA) is 76.2 Å². The third kappa shape index (κ3) is 4.52. The molecule has 11 heteroatoms. The maximum atomic E-state index is 13.1. The summed E-state index contributed by atoms with van der Waals surface area (Å²) in [6.07, 6.45) is 4.83. The molecule has 5 heterocycles. The first-order chi connectivity index (χ1) is 17.4. The Labute approximate surface area is 206 Å². The second kappa shape index (κ2) is 9.34. The van der Waals surface area contributed by atoms with Crippen LogP contribution in [0.1, 0.15) is 31.5 Å². The van der Waals surface area contributed by atoms with Gasteiger partial charge in [0.25, 0.3) is 6.43 Å². The van der Waals surface area contributed by atoms with Gasteiger partial charge >= 0.3 is 0 Å². The fourth-order valence-corrected chi connectivity index (χ4v) is 5.50. The van der Waals surface area contributed by atoms with Crippen LogP contribution in [-0.4, -0.2) is 72.3 Å². The molecule has 0 aromatic carbocycles. The van der Waals surface area contributed by atoms with Crippen molar-refractivity contribution in [3.05, 3.63) is 36.4 Å². The van der Waals surface area contributed by atoms with E-state index in [0.29, 0.717) is 53.7 Å². The van der Waals surface area contributed by atoms with Gasteiger partial charge in [-0.3, -0.25) is 4.90 Å². The number of hydrogen-bond acceptors (Lipinski definition) is 6. The lowest BCUT2D eigenvalue weighted by molar-refractivity contribution is 0.0454. The van der Waals surface area contributed by atoms with Crippen molar-refractivity contribution < 1.29 is 13.2 Å². The number of pyridine rings is 1. The van der Waals surface area contributed by atoms with Crippen molar-refractivity contribution in [2.24, 2.45) is 5.92 Å². The number of aromatic nitrogens is 6. The first kappa shape index (κ1) is 23.2. The average molecular weight is 499 g/mol. The Kier molecular flexibility index (Phi) is 6.02. The lowest BCUT2D eigenvalue weighted by Gasteiger charge is -2.39. The molecule has 36 heavy (non-hydrogen) atoms. The van der Waals surface area contributed by atoms with Gasteiger partial charge < -0.3 is 9.88 Å². The third-order valence-corrected chi connectivity index (χ3v) is 7.41. The van der Waals surface area contributed by atoms with E-state index in [1.54, 1.807) is 23.7 Å². The predicted molar refractivity (Wildman–Crippen MR) is 131 cm³/mol. The highest BCUT2D eigenvalue weighted by Crippen LogP contribution is 2.29. The van der Waals surface area contributed by atoms with E-state index < -0.39 is 19.1 Å². The number of anilines is 1. The molecule has 0 atom stereocenters. The Morgan fingerprint density at radius 1 is 1.08 bits per heavy atom. The number of halogens is 3. The van der Waals surface area contributed by atoms with E-state index in [1.807, 2.05) is 18.3 Å². The first-order valence-corrected chi connectivity index (χ1v) is 12.5. The van der Waals surface area contributed by atoms with Crippen LogP contribution < -0.4 is 5.32 Å². The zero-order valence-corrected chi connectivity index (χ0v) is 20.1. The third-order valence-electron chi connectivity index (χ3n) is 7.41. The Morgan fingerprint density at radius 3 is 2.64 bits per heavy atom. The van der Waals surface area contributed by atoms with Gasteiger partial charge in [0.1, 0.15) is 17.5 Å². The number of aryl methyl sites for hydroxylation is 1. The number of fused-ring (bicyclic) bond motifs is 2. The largest absolute Gasteiger partial charge is 0.350 e. The van der Waals surface area contributed by atoms with Crippen LogP contribution in [0.15, 0.2) is 30.6 Å². The Hall–Kier alpha value is -3.21. The zero-order valence-electron chi connectivity index (χ0n) is 20.1. The van der Waals surface area contributed by atoms with Crippen molar-refractivity contribution in [3.8, 4) is 11.3 Å². The molecule has 1 aliphatic heterocycles. The molecule has 0 bridgehead atoms. The molecular formula is C25H29F3N8. The van der Waals surface area contributed by atoms with Crippen LogP contribution in [0.3, 0.4) is 0 Å². The van der Waals surface area contributed by atoms with Crippen LogP contribution >= 0.6 is 0 Å². The quantitative estimate of drug-likeness (QED) is 0.409. The number of nitrogens with zero attached hydrogens (tertiary/aromatic N) is 7. The van der Waals surface area contributed by atoms with Gasteiger partial charge in [-0.1, -0.05) is 0 Å². The van der Waals surface area contributed by atoms with E-state index in [-0.39, 0.29) is 0 Å². The van der Waals surface area contributed by atoms with E-state index in [4.69, 9.17) is 0 Å². The normalized spacial score (nSPS) is 21.5. The predicted octanol–water partition coefficient (Wildman–Crippen LogP) is 4.34. The lowest BCUT2D eigenvalue weighted by atomic mass is 9.85. The molecule has 2 fully saturated rings. The van der Waals surface area contributed by atoms with Crippen LogP contribution in [0.2, 0.25) is 0 Å². The summed E-state index contributed by atoms with van der Waals surface area (Å²) in [4.78, 5) is 15.8. The van der Waals surface area contributed by atoms with Crippen LogP contribution in [0.4, 0.5) is 19.1 Å². The number of imidazole rings is 1. The summed E-state index contributed by atoms with van der Waals surface area (Å²) in [5.41, 5.74) is 3.30. The smallest absolute Gasteiger partial charge is 0.256 e. The van der Waals surface area contributed by atoms with E-state index in [9.17, 15) is 13.2 Å². The van der Waals surface area contributed by atoms with Crippen molar-refractivity contribution >= 4 is 22.6 Å². The fraction of sp³-hybridized carbons (Fsp3) is 0.520. The maximum Gasteiger partial charge on any atom is 0.256 e. The van der Waals surface area contributed by atoms with E-state index in [2.05, 4.69) is 30.3 Å². The highest BCUT2D eigenvalue weighted by Gasteiger charge is 2.30. The molecule has 2 aliphatic rings. The minimum atomic E-state index is -2.49. The molecule has 0 spiro atoms. The molecule has 4 aromatic heterocycles. The summed E-state index contributed by atoms with van der Waals surface area (Å²) in [5, 5.41) is 8.11. The lowest BCUT2D eigenvalue weighted by Crippen LogP contribution is -2.50. The second-order valence-electron chi connectivity index (χ2n) is 10.0. The summed E-state index contributed by atoms with van der Waals surface area (Å²) < 4.78 is 42.4. The highest BCUT2D eigenvalue weighted by molar-refractivity contribution is 5.82. The van der Waals surface area contributed by atoms with Gasteiger partial charge in [0, 0.05) is 37.4 Å². The minimum absolute atomic E-state index is 0.321. The molecule has 190 valence electrons. The molecule has 0 amide bonds. The second-order valence-corrected chi connectivity index (χ2v) is 10.0. The molecule has 8 nitrogen and oxygen atoms in total. The van der Waals surface area contributed by atoms with E-state index >= 15 is 0 Å². The molecule has 1 saturated heterocycles. The number of hydrogen-bond donors (Lipinski definition) is 1. The fourth-order valence-electron chi connectivity index (χ4n) is 5.50. The molecule has 0 radical (unpaired) electrons. The van der Waals surface area contributed by atoms with Crippen LogP contribution in [-0.2, 0) is 6.54 Å². The number of alkyl halides is 3. The minimum Gasteiger partial charge on any atom is -0.350 e. The molecule has 1 saturated carbocycles. The molecule has 1 aliphatic carbocycles. The maximum absolute atomic E-state index is 13.1. The van der Waals surface area contributed by atoms with Gasteiger partial charge in [0.2, 0.25) is 5.95 Å². The highest BCUT2D eigenvalue weighted by atomic mass is 19.3. The van der Waals surface area contributed by atoms with Crippen molar-refractivity contribution in [2.45, 2.75) is 57.8 Å². The van der Waals surface area contributed by atoms with Gasteiger partial charge in [0.05, 0.1) is 24.0 Å². The van der Waals surface area contributed by atoms with Gasteiger partial charge in [0.15, 0.2) is 5.65 Å². The summed E-state index contributed by atoms with van der Waals surface area (Å²) in [6, 6.07) is 5.88. The van der Waals surface area contributed by atoms with Crippen LogP contribution in [0, 0.1) is 12.8 Å². The standard InChI is InChI=1S/C25H29F3N8/c1-15-30-21-7-6-20(32-24(21)35(15)14-23(27)28)19-8-9-36-22(19)10-29-25(33-36)31-18-4-2-16(3-5-18)11-34-12-17(26)13-34/h6-10,16-18,23H,2-5,11-14H2,1H3,(H,31,33). The monoisotopic (exact) mass is 498 g/mol. The zero-order chi connectivity index (χ0) is 24.8. The van der Waals surface area contributed by atoms with Gasteiger partial charge in [-0.25, -0.2) is 32.6 Å². The number of nitrogens with one attached hydrogen (secondary N) is 1. The van der Waals surface area contributed by atoms with Crippen molar-refractivity contribution in [3.63, 3.8) is 0 Å². The number of likely N-dealkylation sites (tertiary alicyclic amines) is 1. The average Bonchev–Trinajstić information content (AvgIpc) is 3.39. The molecule has 0 unspecified atom stereocenters. The summed E-state index contributed by atoms with van der Waals surface area (Å²) in [7, 11) is 0. The molecule has 1 N–H and O–H groups in total. The van der Waals surface area contributed by atoms with Gasteiger partial charge in [-0.15, -0.1) is 5.10 Å². The van der Waals surface area contributed by atoms with E-state index in [0.717, 1.165) is 43.3 Å². The van der Waals surface area contributed by atoms with Gasteiger partial charge in [-0.05, 0) is 56.7 Å². The van der Waals surface area contributed by atoms with Crippen LogP contribution in [0.5, 0.6) is 0 Å². The molecular weight excluding hydrogens is 469 g/mol. The first-order valence-electron chi connectivity index (χ1n) is 12.5. The van der Waals surface area contributed by atoms with Crippen molar-refractivity contribution in [1.82, 2.24) is 34.0 Å². The van der Waals surface area contributed by atoms with E-state index in [1.165, 1.54) is 4.57 Å². The van der Waals surface area contributed by atoms with Gasteiger partial charge in [-0.2, -0.15) is 0 Å². The number of rotatable bonds is 7. The summed E-state index contributed by atoms with van der Waals surface area (Å²) in [5.74, 6) is 1.72. The summed E-state index contributed by atoms with van der Waals surface area (Å²) >= 11 is 0. The molecule has 4 aromatic rings. The SMILES string of the molecule is Cc1nc2ccc(-c3ccn4nc(NC5CCC(CN6CC(F)C6)CC5)ncc34)nc2n1CC(F)F. The van der Waals surface area contributed by atoms with Crippen molar-refractivity contribution in [2.75, 3.05) is 25.0 Å². The summed E-state index contributed by atoms with van der Waals surface area (Å²) in [6.45, 7) is 3.45. The Bertz CT molecular complexity index is 1370.